The second-order valence-electron chi connectivity index (χ2n) is 8.53. The number of methoxy groups -OCH3 is 1. The Morgan fingerprint density at radius 2 is 1.41 bits per heavy atom. The molecule has 0 aliphatic carbocycles. The van der Waals surface area contributed by atoms with Crippen molar-refractivity contribution in [3.8, 4) is 17.2 Å². The molecule has 0 radical (unpaired) electrons. The largest absolute Gasteiger partial charge is 0.497 e. The van der Waals surface area contributed by atoms with Gasteiger partial charge in [0.1, 0.15) is 30.5 Å². The number of hydrogen-bond donors (Lipinski definition) is 2. The van der Waals surface area contributed by atoms with Gasteiger partial charge in [0.15, 0.2) is 5.78 Å². The summed E-state index contributed by atoms with van der Waals surface area (Å²) in [6.45, 7) is 0.586. The van der Waals surface area contributed by atoms with Crippen LogP contribution >= 0.6 is 0 Å². The van der Waals surface area contributed by atoms with Crippen molar-refractivity contribution >= 4 is 22.5 Å². The first-order valence-corrected chi connectivity index (χ1v) is 12.0. The number of aryl methyl sites for hydroxylation is 1. The second-order valence-corrected chi connectivity index (χ2v) is 8.53. The van der Waals surface area contributed by atoms with Crippen molar-refractivity contribution in [2.24, 2.45) is 5.73 Å². The lowest BCUT2D eigenvalue weighted by atomic mass is 9.92. The summed E-state index contributed by atoms with van der Waals surface area (Å²) in [6, 6.07) is 24.8. The Balaban J connectivity index is 1.42. The molecular formula is C30H29NO6. The van der Waals surface area contributed by atoms with Crippen LogP contribution in [0.3, 0.4) is 0 Å². The summed E-state index contributed by atoms with van der Waals surface area (Å²) in [5.74, 6) is 0.889. The zero-order chi connectivity index (χ0) is 26.2. The van der Waals surface area contributed by atoms with Crippen molar-refractivity contribution in [1.29, 1.82) is 0 Å². The molecule has 0 aliphatic rings. The minimum atomic E-state index is -0.942. The van der Waals surface area contributed by atoms with Crippen molar-refractivity contribution in [1.82, 2.24) is 0 Å². The first-order chi connectivity index (χ1) is 17.9. The van der Waals surface area contributed by atoms with Crippen LogP contribution in [0.1, 0.15) is 33.9 Å². The highest BCUT2D eigenvalue weighted by atomic mass is 16.5. The predicted molar refractivity (Wildman–Crippen MR) is 142 cm³/mol. The Bertz CT molecular complexity index is 1390. The highest BCUT2D eigenvalue weighted by Gasteiger charge is 2.21. The van der Waals surface area contributed by atoms with Crippen LogP contribution in [-0.4, -0.2) is 37.2 Å². The van der Waals surface area contributed by atoms with Gasteiger partial charge in [-0.15, -0.1) is 0 Å². The Morgan fingerprint density at radius 1 is 0.811 bits per heavy atom. The van der Waals surface area contributed by atoms with E-state index in [-0.39, 0.29) is 25.2 Å². The first kappa shape index (κ1) is 25.7. The van der Waals surface area contributed by atoms with Gasteiger partial charge in [0.25, 0.3) is 0 Å². The maximum atomic E-state index is 13.0. The summed E-state index contributed by atoms with van der Waals surface area (Å²) in [4.78, 5) is 24.1. The van der Waals surface area contributed by atoms with Crippen LogP contribution < -0.4 is 19.9 Å². The van der Waals surface area contributed by atoms with Gasteiger partial charge >= 0.3 is 5.97 Å². The Labute approximate surface area is 215 Å². The molecule has 0 heterocycles. The second kappa shape index (κ2) is 12.1. The summed E-state index contributed by atoms with van der Waals surface area (Å²) < 4.78 is 17.0. The van der Waals surface area contributed by atoms with Crippen molar-refractivity contribution in [2.75, 3.05) is 20.3 Å². The minimum absolute atomic E-state index is 0.0637. The molecule has 4 aromatic carbocycles. The molecule has 190 valence electrons. The normalized spacial score (nSPS) is 11.6. The van der Waals surface area contributed by atoms with Gasteiger partial charge < -0.3 is 25.1 Å². The number of carbonyl (C=O) groups excluding carboxylic acids is 1. The fraction of sp³-hybridized carbons (Fsp3) is 0.200. The van der Waals surface area contributed by atoms with Crippen molar-refractivity contribution in [2.45, 2.75) is 18.9 Å². The van der Waals surface area contributed by atoms with E-state index in [1.165, 1.54) is 0 Å². The molecule has 1 atom stereocenters. The quantitative estimate of drug-likeness (QED) is 0.204. The molecule has 0 bridgehead atoms. The third kappa shape index (κ3) is 6.65. The monoisotopic (exact) mass is 499 g/mol. The first-order valence-electron chi connectivity index (χ1n) is 12.0. The van der Waals surface area contributed by atoms with Gasteiger partial charge in [-0.3, -0.25) is 9.59 Å². The Morgan fingerprint density at radius 3 is 2.05 bits per heavy atom. The van der Waals surface area contributed by atoms with Gasteiger partial charge in [0.2, 0.25) is 0 Å². The summed E-state index contributed by atoms with van der Waals surface area (Å²) >= 11 is 0. The van der Waals surface area contributed by atoms with Gasteiger partial charge in [0.05, 0.1) is 13.2 Å². The zero-order valence-electron chi connectivity index (χ0n) is 20.6. The fourth-order valence-electron chi connectivity index (χ4n) is 4.08. The fourth-order valence-corrected chi connectivity index (χ4v) is 4.08. The number of nitrogens with two attached hydrogens (primary N) is 1. The molecule has 0 saturated heterocycles. The standard InChI is InChI=1S/C30H29NO6/c1-35-24-11-8-23-18-25(13-9-22(23)17-24)36-15-16-37-26-12-7-20(10-14-28(32)33)27(19-26)29(31)30(34)21-5-3-2-4-6-21/h2-9,11-13,17-19,29H,10,14-16,31H2,1H3,(H,32,33). The number of carboxylic acid groups (broad SMARTS) is 1. The maximum absolute atomic E-state index is 13.0. The van der Waals surface area contributed by atoms with E-state index in [9.17, 15) is 9.59 Å². The lowest BCUT2D eigenvalue weighted by Crippen LogP contribution is -2.23. The van der Waals surface area contributed by atoms with Crippen LogP contribution in [0.2, 0.25) is 0 Å². The molecule has 7 nitrogen and oxygen atoms in total. The van der Waals surface area contributed by atoms with Crippen LogP contribution in [0.25, 0.3) is 10.8 Å². The lowest BCUT2D eigenvalue weighted by Gasteiger charge is -2.18. The maximum Gasteiger partial charge on any atom is 0.303 e. The highest BCUT2D eigenvalue weighted by Crippen LogP contribution is 2.27. The van der Waals surface area contributed by atoms with E-state index in [1.807, 2.05) is 42.5 Å². The van der Waals surface area contributed by atoms with Crippen molar-refractivity contribution in [3.63, 3.8) is 0 Å². The molecule has 4 aromatic rings. The number of Topliss-reactive ketones (excluding diaryl/α,β-unsaturated/α-hetero) is 1. The van der Waals surface area contributed by atoms with Gasteiger partial charge in [-0.1, -0.05) is 48.5 Å². The van der Waals surface area contributed by atoms with E-state index in [2.05, 4.69) is 0 Å². The average molecular weight is 500 g/mol. The van der Waals surface area contributed by atoms with E-state index < -0.39 is 12.0 Å². The van der Waals surface area contributed by atoms with Crippen molar-refractivity contribution in [3.05, 3.63) is 102 Å². The molecule has 0 fully saturated rings. The average Bonchev–Trinajstić information content (AvgIpc) is 2.93. The molecule has 0 spiro atoms. The summed E-state index contributed by atoms with van der Waals surface area (Å²) in [6.07, 6.45) is 0.198. The Hall–Kier alpha value is -4.36. The van der Waals surface area contributed by atoms with Gasteiger partial charge in [-0.05, 0) is 64.7 Å². The number of carboxylic acids is 1. The van der Waals surface area contributed by atoms with E-state index in [0.29, 0.717) is 29.0 Å². The number of aliphatic carboxylic acids is 1. The summed E-state index contributed by atoms with van der Waals surface area (Å²) in [5, 5.41) is 11.2. The van der Waals surface area contributed by atoms with E-state index >= 15 is 0 Å². The van der Waals surface area contributed by atoms with Crippen LogP contribution in [0.4, 0.5) is 0 Å². The number of ether oxygens (including phenoxy) is 3. The van der Waals surface area contributed by atoms with E-state index in [4.69, 9.17) is 25.1 Å². The number of benzene rings is 4. The molecule has 0 amide bonds. The predicted octanol–water partition coefficient (Wildman–Crippen LogP) is 5.21. The molecule has 0 aromatic heterocycles. The van der Waals surface area contributed by atoms with E-state index in [0.717, 1.165) is 22.3 Å². The number of fused-ring (bicyclic) bond motifs is 1. The number of rotatable bonds is 12. The SMILES string of the molecule is COc1ccc2cc(OCCOc3ccc(CCC(=O)O)c(C(N)C(=O)c4ccccc4)c3)ccc2c1. The molecule has 3 N–H and O–H groups in total. The topological polar surface area (TPSA) is 108 Å². The number of carbonyl (C=O) groups is 2. The number of ketones is 1. The smallest absolute Gasteiger partial charge is 0.303 e. The van der Waals surface area contributed by atoms with E-state index in [1.54, 1.807) is 49.6 Å². The summed E-state index contributed by atoms with van der Waals surface area (Å²) in [7, 11) is 1.64. The zero-order valence-corrected chi connectivity index (χ0v) is 20.6. The molecule has 0 aliphatic heterocycles. The van der Waals surface area contributed by atoms with Crippen LogP contribution in [0.15, 0.2) is 84.9 Å². The number of hydrogen-bond acceptors (Lipinski definition) is 6. The van der Waals surface area contributed by atoms with Crippen LogP contribution in [-0.2, 0) is 11.2 Å². The molecule has 7 heteroatoms. The van der Waals surface area contributed by atoms with Crippen LogP contribution in [0, 0.1) is 0 Å². The Kier molecular flexibility index (Phi) is 8.38. The lowest BCUT2D eigenvalue weighted by molar-refractivity contribution is -0.136. The molecular weight excluding hydrogens is 470 g/mol. The minimum Gasteiger partial charge on any atom is -0.497 e. The summed E-state index contributed by atoms with van der Waals surface area (Å²) in [5.41, 5.74) is 8.11. The molecule has 4 rings (SSSR count). The molecule has 37 heavy (non-hydrogen) atoms. The van der Waals surface area contributed by atoms with Gasteiger partial charge in [0, 0.05) is 12.0 Å². The van der Waals surface area contributed by atoms with Crippen molar-refractivity contribution < 1.29 is 28.9 Å². The third-order valence-electron chi connectivity index (χ3n) is 6.04. The van der Waals surface area contributed by atoms with Crippen LogP contribution in [0.5, 0.6) is 17.2 Å². The molecule has 0 saturated carbocycles. The van der Waals surface area contributed by atoms with Gasteiger partial charge in [-0.25, -0.2) is 0 Å². The third-order valence-corrected chi connectivity index (χ3v) is 6.04. The molecule has 1 unspecified atom stereocenters. The highest BCUT2D eigenvalue weighted by molar-refractivity contribution is 6.00. The van der Waals surface area contributed by atoms with Gasteiger partial charge in [-0.2, -0.15) is 0 Å².